The van der Waals surface area contributed by atoms with Crippen molar-refractivity contribution in [1.29, 1.82) is 5.26 Å². The molecule has 1 aliphatic rings. The highest BCUT2D eigenvalue weighted by Crippen LogP contribution is 2.22. The maximum absolute atomic E-state index is 8.93. The second-order valence-electron chi connectivity index (χ2n) is 6.31. The first-order valence-corrected chi connectivity index (χ1v) is 6.82. The zero-order valence-electron chi connectivity index (χ0n) is 11.6. The number of unbranched alkanes of at least 4 members (excludes halogenated alkanes) is 1. The number of rotatable bonds is 5. The average molecular weight is 237 g/mol. The quantitative estimate of drug-likeness (QED) is 0.747. The van der Waals surface area contributed by atoms with Crippen molar-refractivity contribution in [2.24, 2.45) is 17.1 Å². The Balaban J connectivity index is 2.17. The molecule has 0 amide bonds. The van der Waals surface area contributed by atoms with Crippen LogP contribution in [0.1, 0.15) is 46.5 Å². The molecular formula is C14H27N3. The molecule has 0 aromatic rings. The van der Waals surface area contributed by atoms with Gasteiger partial charge in [0.05, 0.1) is 11.5 Å². The van der Waals surface area contributed by atoms with Crippen molar-refractivity contribution < 1.29 is 0 Å². The number of hydrogen-bond acceptors (Lipinski definition) is 3. The maximum atomic E-state index is 8.93. The summed E-state index contributed by atoms with van der Waals surface area (Å²) < 4.78 is 0. The first-order valence-electron chi connectivity index (χ1n) is 6.82. The Morgan fingerprint density at radius 3 is 2.65 bits per heavy atom. The fraction of sp³-hybridized carbons (Fsp3) is 0.929. The first kappa shape index (κ1) is 14.5. The van der Waals surface area contributed by atoms with Gasteiger partial charge in [0.25, 0.3) is 0 Å². The highest BCUT2D eigenvalue weighted by atomic mass is 15.1. The summed E-state index contributed by atoms with van der Waals surface area (Å²) in [6.07, 6.45) is 4.49. The molecule has 2 unspecified atom stereocenters. The van der Waals surface area contributed by atoms with Gasteiger partial charge < -0.3 is 10.6 Å². The van der Waals surface area contributed by atoms with Gasteiger partial charge in [0, 0.05) is 19.1 Å². The van der Waals surface area contributed by atoms with Crippen LogP contribution >= 0.6 is 0 Å². The summed E-state index contributed by atoms with van der Waals surface area (Å²) in [5.74, 6) is 0.731. The van der Waals surface area contributed by atoms with Crippen LogP contribution < -0.4 is 5.73 Å². The summed E-state index contributed by atoms with van der Waals surface area (Å²) >= 11 is 0. The molecule has 1 saturated heterocycles. The molecule has 1 aliphatic heterocycles. The lowest BCUT2D eigenvalue weighted by Crippen LogP contribution is -2.46. The van der Waals surface area contributed by atoms with E-state index in [1.807, 2.05) is 13.8 Å². The Hall–Kier alpha value is -0.590. The zero-order chi connectivity index (χ0) is 12.9. The molecule has 0 bridgehead atoms. The molecule has 0 saturated carbocycles. The van der Waals surface area contributed by atoms with Crippen LogP contribution in [0.15, 0.2) is 0 Å². The smallest absolute Gasteiger partial charge is 0.0683 e. The number of nitrogens with two attached hydrogens (primary N) is 1. The Bertz CT molecular complexity index is 257. The van der Waals surface area contributed by atoms with Gasteiger partial charge in [-0.05, 0) is 45.6 Å². The molecule has 1 heterocycles. The maximum Gasteiger partial charge on any atom is 0.0683 e. The molecule has 0 radical (unpaired) electrons. The summed E-state index contributed by atoms with van der Waals surface area (Å²) in [4.78, 5) is 2.48. The molecule has 0 aromatic carbocycles. The third kappa shape index (κ3) is 5.52. The summed E-state index contributed by atoms with van der Waals surface area (Å²) in [6, 6.07) is 2.72. The van der Waals surface area contributed by atoms with E-state index < -0.39 is 0 Å². The summed E-state index contributed by atoms with van der Waals surface area (Å²) in [5.41, 5.74) is 5.86. The molecule has 2 N–H and O–H groups in total. The largest absolute Gasteiger partial charge is 0.327 e. The topological polar surface area (TPSA) is 53.0 Å². The minimum atomic E-state index is -0.161. The lowest BCUT2D eigenvalue weighted by molar-refractivity contribution is 0.161. The van der Waals surface area contributed by atoms with Gasteiger partial charge in [0.2, 0.25) is 0 Å². The van der Waals surface area contributed by atoms with E-state index in [4.69, 9.17) is 11.0 Å². The average Bonchev–Trinajstić information content (AvgIpc) is 2.23. The van der Waals surface area contributed by atoms with Gasteiger partial charge >= 0.3 is 0 Å². The van der Waals surface area contributed by atoms with Gasteiger partial charge in [-0.15, -0.1) is 0 Å². The van der Waals surface area contributed by atoms with E-state index in [-0.39, 0.29) is 5.41 Å². The molecule has 1 rings (SSSR count). The molecule has 3 nitrogen and oxygen atoms in total. The van der Waals surface area contributed by atoms with E-state index in [1.165, 1.54) is 13.0 Å². The van der Waals surface area contributed by atoms with E-state index >= 15 is 0 Å². The van der Waals surface area contributed by atoms with Crippen molar-refractivity contribution in [1.82, 2.24) is 4.90 Å². The second-order valence-corrected chi connectivity index (χ2v) is 6.31. The highest BCUT2D eigenvalue weighted by molar-refractivity contribution is 4.91. The van der Waals surface area contributed by atoms with Crippen LogP contribution in [0.3, 0.4) is 0 Å². The molecule has 2 atom stereocenters. The minimum absolute atomic E-state index is 0.161. The van der Waals surface area contributed by atoms with Gasteiger partial charge in [-0.25, -0.2) is 0 Å². The fourth-order valence-electron chi connectivity index (χ4n) is 2.65. The molecular weight excluding hydrogens is 210 g/mol. The van der Waals surface area contributed by atoms with Crippen LogP contribution in [0.2, 0.25) is 0 Å². The predicted octanol–water partition coefficient (Wildman–Crippen LogP) is 2.38. The lowest BCUT2D eigenvalue weighted by Gasteiger charge is -2.34. The Labute approximate surface area is 106 Å². The van der Waals surface area contributed by atoms with E-state index in [2.05, 4.69) is 17.9 Å². The first-order chi connectivity index (χ1) is 7.93. The standard InChI is InChI=1S/C14H27N3/c1-12-8-13(16)10-17(9-12)7-5-4-6-14(2,3)11-15/h12-13H,4-10,16H2,1-3H3. The van der Waals surface area contributed by atoms with Crippen LogP contribution in [0.5, 0.6) is 0 Å². The molecule has 17 heavy (non-hydrogen) atoms. The zero-order valence-corrected chi connectivity index (χ0v) is 11.6. The Morgan fingerprint density at radius 1 is 1.35 bits per heavy atom. The van der Waals surface area contributed by atoms with Crippen molar-refractivity contribution in [3.8, 4) is 6.07 Å². The van der Waals surface area contributed by atoms with Crippen molar-refractivity contribution in [2.75, 3.05) is 19.6 Å². The molecule has 98 valence electrons. The van der Waals surface area contributed by atoms with Crippen molar-refractivity contribution in [3.63, 3.8) is 0 Å². The van der Waals surface area contributed by atoms with Crippen LogP contribution in [-0.2, 0) is 0 Å². The molecule has 3 heteroatoms. The van der Waals surface area contributed by atoms with Gasteiger partial charge in [-0.3, -0.25) is 0 Å². The SMILES string of the molecule is CC1CC(N)CN(CCCCC(C)(C)C#N)C1. The molecule has 0 spiro atoms. The lowest BCUT2D eigenvalue weighted by atomic mass is 9.89. The summed E-state index contributed by atoms with van der Waals surface area (Å²) in [7, 11) is 0. The Morgan fingerprint density at radius 2 is 2.06 bits per heavy atom. The third-order valence-electron chi connectivity index (χ3n) is 3.60. The monoisotopic (exact) mass is 237 g/mol. The van der Waals surface area contributed by atoms with Crippen LogP contribution in [0.25, 0.3) is 0 Å². The Kier molecular flexibility index (Phi) is 5.42. The fourth-order valence-corrected chi connectivity index (χ4v) is 2.65. The van der Waals surface area contributed by atoms with E-state index in [9.17, 15) is 0 Å². The van der Waals surface area contributed by atoms with Gasteiger partial charge in [0.1, 0.15) is 0 Å². The number of nitrogens with zero attached hydrogens (tertiary/aromatic N) is 2. The third-order valence-corrected chi connectivity index (χ3v) is 3.60. The van der Waals surface area contributed by atoms with Crippen molar-refractivity contribution in [3.05, 3.63) is 0 Å². The molecule has 0 aromatic heterocycles. The predicted molar refractivity (Wildman–Crippen MR) is 71.4 cm³/mol. The van der Waals surface area contributed by atoms with Gasteiger partial charge in [0.15, 0.2) is 0 Å². The van der Waals surface area contributed by atoms with Gasteiger partial charge in [-0.1, -0.05) is 13.3 Å². The van der Waals surface area contributed by atoms with Gasteiger partial charge in [-0.2, -0.15) is 5.26 Å². The highest BCUT2D eigenvalue weighted by Gasteiger charge is 2.22. The number of piperidine rings is 1. The summed E-state index contributed by atoms with van der Waals surface area (Å²) in [5, 5.41) is 8.93. The van der Waals surface area contributed by atoms with Crippen LogP contribution in [0, 0.1) is 22.7 Å². The van der Waals surface area contributed by atoms with E-state index in [0.29, 0.717) is 6.04 Å². The molecule has 1 fully saturated rings. The van der Waals surface area contributed by atoms with E-state index in [1.54, 1.807) is 0 Å². The number of hydrogen-bond donors (Lipinski definition) is 1. The minimum Gasteiger partial charge on any atom is -0.327 e. The second kappa shape index (κ2) is 6.37. The van der Waals surface area contributed by atoms with Crippen molar-refractivity contribution >= 4 is 0 Å². The number of nitriles is 1. The number of likely N-dealkylation sites (tertiary alicyclic amines) is 1. The van der Waals surface area contributed by atoms with Crippen molar-refractivity contribution in [2.45, 2.75) is 52.5 Å². The van der Waals surface area contributed by atoms with Crippen LogP contribution in [0.4, 0.5) is 0 Å². The molecule has 0 aliphatic carbocycles. The van der Waals surface area contributed by atoms with E-state index in [0.717, 1.165) is 38.3 Å². The van der Waals surface area contributed by atoms with Crippen LogP contribution in [-0.4, -0.2) is 30.6 Å². The normalized spacial score (nSPS) is 26.8. The summed E-state index contributed by atoms with van der Waals surface area (Å²) in [6.45, 7) is 9.70.